The number of nitrogens with zero attached hydrogens (tertiary/aromatic N) is 1. The number of hydrogen-bond donors (Lipinski definition) is 2. The van der Waals surface area contributed by atoms with Gasteiger partial charge in [-0.25, -0.2) is 0 Å². The number of nitrogens with one attached hydrogen (secondary N) is 2. The van der Waals surface area contributed by atoms with Gasteiger partial charge in [0, 0.05) is 17.9 Å². The Labute approximate surface area is 116 Å². The summed E-state index contributed by atoms with van der Waals surface area (Å²) in [5.74, 6) is 0.00231. The van der Waals surface area contributed by atoms with E-state index in [1.54, 1.807) is 12.3 Å². The normalized spacial score (nSPS) is 18.8. The van der Waals surface area contributed by atoms with Crippen LogP contribution in [0.1, 0.15) is 49.2 Å². The fraction of sp³-hybridized carbons (Fsp3) is 0.600. The predicted molar refractivity (Wildman–Crippen MR) is 78.3 cm³/mol. The molecule has 0 radical (unpaired) electrons. The molecular weight excluding hydrogens is 238 g/mol. The molecule has 4 heteroatoms. The SMILES string of the molecule is CC.Cc1ncccc1C(=O)NC1CCCNCC1. The molecule has 0 spiro atoms. The standard InChI is InChI=1S/C13H19N3O.C2H6/c1-10-12(5-3-8-15-10)13(17)16-11-4-2-7-14-9-6-11;1-2/h3,5,8,11,14H,2,4,6-7,9H2,1H3,(H,16,17);1-2H3. The molecule has 1 aromatic heterocycles. The lowest BCUT2D eigenvalue weighted by Crippen LogP contribution is -2.35. The van der Waals surface area contributed by atoms with E-state index in [2.05, 4.69) is 15.6 Å². The van der Waals surface area contributed by atoms with Crippen molar-refractivity contribution in [3.8, 4) is 0 Å². The molecular formula is C15H25N3O. The molecule has 1 aromatic rings. The Balaban J connectivity index is 0.000000861. The minimum Gasteiger partial charge on any atom is -0.349 e. The summed E-state index contributed by atoms with van der Waals surface area (Å²) in [5, 5.41) is 6.44. The van der Waals surface area contributed by atoms with Crippen LogP contribution < -0.4 is 10.6 Å². The topological polar surface area (TPSA) is 54.0 Å². The zero-order valence-electron chi connectivity index (χ0n) is 12.2. The molecule has 0 aliphatic carbocycles. The molecule has 1 aliphatic rings. The largest absolute Gasteiger partial charge is 0.349 e. The van der Waals surface area contributed by atoms with E-state index >= 15 is 0 Å². The van der Waals surface area contributed by atoms with Gasteiger partial charge in [-0.2, -0.15) is 0 Å². The van der Waals surface area contributed by atoms with Crippen molar-refractivity contribution in [2.24, 2.45) is 0 Å². The molecule has 0 saturated carbocycles. The second-order valence-corrected chi connectivity index (χ2v) is 4.49. The maximum absolute atomic E-state index is 12.1. The van der Waals surface area contributed by atoms with E-state index in [1.165, 1.54) is 0 Å². The lowest BCUT2D eigenvalue weighted by Gasteiger charge is -2.16. The van der Waals surface area contributed by atoms with Crippen LogP contribution in [0.25, 0.3) is 0 Å². The van der Waals surface area contributed by atoms with Crippen molar-refractivity contribution < 1.29 is 4.79 Å². The highest BCUT2D eigenvalue weighted by molar-refractivity contribution is 5.95. The van der Waals surface area contributed by atoms with E-state index < -0.39 is 0 Å². The summed E-state index contributed by atoms with van der Waals surface area (Å²) in [6.45, 7) is 7.90. The van der Waals surface area contributed by atoms with Gasteiger partial charge in [-0.05, 0) is 51.4 Å². The van der Waals surface area contributed by atoms with Crippen LogP contribution in [0.4, 0.5) is 0 Å². The van der Waals surface area contributed by atoms with Crippen LogP contribution in [0, 0.1) is 6.92 Å². The molecule has 0 bridgehead atoms. The molecule has 1 unspecified atom stereocenters. The maximum Gasteiger partial charge on any atom is 0.253 e. The minimum atomic E-state index is 0.00231. The van der Waals surface area contributed by atoms with Crippen molar-refractivity contribution in [1.82, 2.24) is 15.6 Å². The van der Waals surface area contributed by atoms with E-state index in [1.807, 2.05) is 26.8 Å². The van der Waals surface area contributed by atoms with Crippen LogP contribution in [0.3, 0.4) is 0 Å². The summed E-state index contributed by atoms with van der Waals surface area (Å²) in [4.78, 5) is 16.2. The van der Waals surface area contributed by atoms with E-state index in [0.29, 0.717) is 5.56 Å². The van der Waals surface area contributed by atoms with Crippen LogP contribution in [-0.2, 0) is 0 Å². The highest BCUT2D eigenvalue weighted by atomic mass is 16.1. The molecule has 2 N–H and O–H groups in total. The summed E-state index contributed by atoms with van der Waals surface area (Å²) in [5.41, 5.74) is 1.47. The molecule has 19 heavy (non-hydrogen) atoms. The third kappa shape index (κ3) is 4.99. The first-order valence-corrected chi connectivity index (χ1v) is 7.20. The molecule has 2 rings (SSSR count). The lowest BCUT2D eigenvalue weighted by atomic mass is 10.1. The van der Waals surface area contributed by atoms with Gasteiger partial charge in [0.1, 0.15) is 0 Å². The molecule has 2 heterocycles. The average Bonchev–Trinajstić information content (AvgIpc) is 2.70. The zero-order valence-corrected chi connectivity index (χ0v) is 12.2. The molecule has 1 fully saturated rings. The van der Waals surface area contributed by atoms with Crippen molar-refractivity contribution in [3.05, 3.63) is 29.6 Å². The summed E-state index contributed by atoms with van der Waals surface area (Å²) < 4.78 is 0. The quantitative estimate of drug-likeness (QED) is 0.860. The molecule has 0 aromatic carbocycles. The van der Waals surface area contributed by atoms with E-state index in [4.69, 9.17) is 0 Å². The number of amides is 1. The number of rotatable bonds is 2. The lowest BCUT2D eigenvalue weighted by molar-refractivity contribution is 0.0933. The van der Waals surface area contributed by atoms with Gasteiger partial charge in [0.05, 0.1) is 5.56 Å². The van der Waals surface area contributed by atoms with Crippen LogP contribution in [0.5, 0.6) is 0 Å². The van der Waals surface area contributed by atoms with Gasteiger partial charge in [-0.3, -0.25) is 9.78 Å². The Hall–Kier alpha value is -1.42. The highest BCUT2D eigenvalue weighted by Crippen LogP contribution is 2.08. The number of carbonyl (C=O) groups is 1. The Kier molecular flexibility index (Phi) is 7.11. The van der Waals surface area contributed by atoms with Crippen LogP contribution in [0.15, 0.2) is 18.3 Å². The number of pyridine rings is 1. The minimum absolute atomic E-state index is 0.00231. The van der Waals surface area contributed by atoms with Crippen molar-refractivity contribution in [1.29, 1.82) is 0 Å². The summed E-state index contributed by atoms with van der Waals surface area (Å²) in [6.07, 6.45) is 4.89. The first-order chi connectivity index (χ1) is 9.27. The monoisotopic (exact) mass is 263 g/mol. The predicted octanol–water partition coefficient (Wildman–Crippen LogP) is 2.29. The smallest absolute Gasteiger partial charge is 0.253 e. The Morgan fingerprint density at radius 2 is 2.16 bits per heavy atom. The number of aryl methyl sites for hydroxylation is 1. The van der Waals surface area contributed by atoms with Gasteiger partial charge in [0.2, 0.25) is 0 Å². The molecule has 106 valence electrons. The van der Waals surface area contributed by atoms with Crippen LogP contribution in [0.2, 0.25) is 0 Å². The summed E-state index contributed by atoms with van der Waals surface area (Å²) >= 11 is 0. The second kappa shape index (κ2) is 8.64. The van der Waals surface area contributed by atoms with Crippen LogP contribution >= 0.6 is 0 Å². The van der Waals surface area contributed by atoms with Gasteiger partial charge in [-0.15, -0.1) is 0 Å². The Morgan fingerprint density at radius 1 is 1.37 bits per heavy atom. The molecule has 1 amide bonds. The van der Waals surface area contributed by atoms with Gasteiger partial charge in [0.15, 0.2) is 0 Å². The van der Waals surface area contributed by atoms with Gasteiger partial charge in [-0.1, -0.05) is 13.8 Å². The van der Waals surface area contributed by atoms with Gasteiger partial charge < -0.3 is 10.6 Å². The summed E-state index contributed by atoms with van der Waals surface area (Å²) in [7, 11) is 0. The Morgan fingerprint density at radius 3 is 2.89 bits per heavy atom. The van der Waals surface area contributed by atoms with Crippen molar-refractivity contribution in [2.75, 3.05) is 13.1 Å². The third-order valence-corrected chi connectivity index (χ3v) is 3.16. The number of hydrogen-bond acceptors (Lipinski definition) is 3. The third-order valence-electron chi connectivity index (χ3n) is 3.16. The van der Waals surface area contributed by atoms with Crippen LogP contribution in [-0.4, -0.2) is 30.0 Å². The first-order valence-electron chi connectivity index (χ1n) is 7.20. The molecule has 1 aliphatic heterocycles. The fourth-order valence-electron chi connectivity index (χ4n) is 2.15. The number of carbonyl (C=O) groups excluding carboxylic acids is 1. The molecule has 4 nitrogen and oxygen atoms in total. The van der Waals surface area contributed by atoms with Gasteiger partial charge in [0.25, 0.3) is 5.91 Å². The van der Waals surface area contributed by atoms with Gasteiger partial charge >= 0.3 is 0 Å². The van der Waals surface area contributed by atoms with Crippen molar-refractivity contribution in [2.45, 2.75) is 46.1 Å². The van der Waals surface area contributed by atoms with Crippen molar-refractivity contribution >= 4 is 5.91 Å². The second-order valence-electron chi connectivity index (χ2n) is 4.49. The van der Waals surface area contributed by atoms with E-state index in [-0.39, 0.29) is 11.9 Å². The molecule has 1 atom stereocenters. The fourth-order valence-corrected chi connectivity index (χ4v) is 2.15. The van der Waals surface area contributed by atoms with E-state index in [0.717, 1.165) is 38.0 Å². The number of aromatic nitrogens is 1. The van der Waals surface area contributed by atoms with Crippen molar-refractivity contribution in [3.63, 3.8) is 0 Å². The summed E-state index contributed by atoms with van der Waals surface area (Å²) in [6, 6.07) is 3.92. The molecule has 1 saturated heterocycles. The van der Waals surface area contributed by atoms with E-state index in [9.17, 15) is 4.79 Å². The highest BCUT2D eigenvalue weighted by Gasteiger charge is 2.16. The maximum atomic E-state index is 12.1. The Bertz CT molecular complexity index is 385. The average molecular weight is 263 g/mol. The first kappa shape index (κ1) is 15.6. The zero-order chi connectivity index (χ0) is 14.1.